The van der Waals surface area contributed by atoms with Crippen molar-refractivity contribution in [1.82, 2.24) is 10.2 Å². The Kier molecular flexibility index (Phi) is 4.16. The lowest BCUT2D eigenvalue weighted by molar-refractivity contribution is 0.607. The van der Waals surface area contributed by atoms with Crippen LogP contribution in [0.2, 0.25) is 0 Å². The molecule has 0 aliphatic rings. The topological polar surface area (TPSA) is 74.8 Å². The van der Waals surface area contributed by atoms with Gasteiger partial charge in [0.25, 0.3) is 0 Å². The molecule has 0 saturated heterocycles. The lowest BCUT2D eigenvalue weighted by atomic mass is 10.1. The van der Waals surface area contributed by atoms with Gasteiger partial charge < -0.3 is 0 Å². The van der Waals surface area contributed by atoms with E-state index < -0.39 is 10.0 Å². The van der Waals surface area contributed by atoms with E-state index in [0.717, 1.165) is 28.8 Å². The van der Waals surface area contributed by atoms with Crippen molar-refractivity contribution in [2.24, 2.45) is 0 Å². The number of hydrogen-bond donors (Lipinski definition) is 2. The molecule has 0 radical (unpaired) electrons. The average molecular weight is 327 g/mol. The Bertz CT molecular complexity index is 885. The number of nitrogens with one attached hydrogen (secondary N) is 2. The quantitative estimate of drug-likeness (QED) is 0.756. The largest absolute Gasteiger partial charge is 0.284 e. The van der Waals surface area contributed by atoms with Crippen molar-refractivity contribution in [3.8, 4) is 11.3 Å². The van der Waals surface area contributed by atoms with Crippen LogP contribution in [0.4, 0.5) is 5.69 Å². The first-order valence-corrected chi connectivity index (χ1v) is 9.05. The molecule has 5 nitrogen and oxygen atoms in total. The van der Waals surface area contributed by atoms with Gasteiger partial charge in [-0.2, -0.15) is 5.10 Å². The molecule has 3 aromatic rings. The van der Waals surface area contributed by atoms with Crippen LogP contribution in [-0.2, 0) is 16.4 Å². The summed E-state index contributed by atoms with van der Waals surface area (Å²) < 4.78 is 24.8. The first-order chi connectivity index (χ1) is 11.0. The Morgan fingerprint density at radius 3 is 2.39 bits per heavy atom. The highest BCUT2D eigenvalue weighted by atomic mass is 32.2. The van der Waals surface area contributed by atoms with Crippen LogP contribution >= 0.6 is 0 Å². The maximum absolute atomic E-state index is 11.2. The number of benzene rings is 2. The van der Waals surface area contributed by atoms with Crippen molar-refractivity contribution in [2.75, 3.05) is 11.0 Å². The number of sulfonamides is 1. The third-order valence-electron chi connectivity index (χ3n) is 3.35. The van der Waals surface area contributed by atoms with Gasteiger partial charge in [0.15, 0.2) is 0 Å². The third kappa shape index (κ3) is 4.20. The zero-order valence-corrected chi connectivity index (χ0v) is 13.5. The molecule has 0 amide bonds. The van der Waals surface area contributed by atoms with Gasteiger partial charge in [-0.15, -0.1) is 0 Å². The minimum Gasteiger partial charge on any atom is -0.284 e. The number of nitrogens with zero attached hydrogens (tertiary/aromatic N) is 1. The number of aromatic amines is 1. The van der Waals surface area contributed by atoms with E-state index >= 15 is 0 Å². The van der Waals surface area contributed by atoms with E-state index in [1.165, 1.54) is 0 Å². The number of H-pyrrole nitrogens is 1. The van der Waals surface area contributed by atoms with Crippen LogP contribution in [-0.4, -0.2) is 24.9 Å². The fraction of sp³-hybridized carbons (Fsp3) is 0.118. The normalized spacial score (nSPS) is 11.3. The second-order valence-electron chi connectivity index (χ2n) is 5.39. The zero-order chi connectivity index (χ0) is 16.3. The molecule has 2 N–H and O–H groups in total. The minimum atomic E-state index is -3.24. The highest BCUT2D eigenvalue weighted by molar-refractivity contribution is 7.92. The van der Waals surface area contributed by atoms with Gasteiger partial charge in [-0.3, -0.25) is 9.82 Å². The predicted octanol–water partition coefficient (Wildman–Crippen LogP) is 3.04. The van der Waals surface area contributed by atoms with Crippen LogP contribution < -0.4 is 4.72 Å². The molecule has 0 spiro atoms. The lowest BCUT2D eigenvalue weighted by Gasteiger charge is -2.04. The average Bonchev–Trinajstić information content (AvgIpc) is 2.97. The first-order valence-electron chi connectivity index (χ1n) is 7.16. The number of aromatic nitrogens is 2. The third-order valence-corrected chi connectivity index (χ3v) is 3.96. The van der Waals surface area contributed by atoms with E-state index in [2.05, 4.69) is 14.9 Å². The summed E-state index contributed by atoms with van der Waals surface area (Å²) in [6.07, 6.45) is 1.84. The van der Waals surface area contributed by atoms with Crippen molar-refractivity contribution in [3.05, 3.63) is 71.9 Å². The van der Waals surface area contributed by atoms with Crippen molar-refractivity contribution in [1.29, 1.82) is 0 Å². The van der Waals surface area contributed by atoms with Crippen LogP contribution in [0.15, 0.2) is 60.7 Å². The summed E-state index contributed by atoms with van der Waals surface area (Å²) in [5, 5.41) is 7.38. The van der Waals surface area contributed by atoms with E-state index in [1.807, 2.05) is 48.5 Å². The molecule has 1 heterocycles. The summed E-state index contributed by atoms with van der Waals surface area (Å²) in [5.41, 5.74) is 4.63. The molecular weight excluding hydrogens is 310 g/mol. The molecule has 0 unspecified atom stereocenters. The maximum atomic E-state index is 11.2. The molecule has 0 aliphatic carbocycles. The Morgan fingerprint density at radius 1 is 1.04 bits per heavy atom. The summed E-state index contributed by atoms with van der Waals surface area (Å²) in [6.45, 7) is 0. The molecule has 23 heavy (non-hydrogen) atoms. The highest BCUT2D eigenvalue weighted by Gasteiger charge is 2.05. The lowest BCUT2D eigenvalue weighted by Crippen LogP contribution is -2.09. The number of anilines is 1. The summed E-state index contributed by atoms with van der Waals surface area (Å²) in [5.74, 6) is 0. The Hall–Kier alpha value is -2.60. The Balaban J connectivity index is 1.72. The molecule has 6 heteroatoms. The van der Waals surface area contributed by atoms with E-state index in [9.17, 15) is 8.42 Å². The van der Waals surface area contributed by atoms with E-state index in [-0.39, 0.29) is 0 Å². The molecule has 0 saturated carbocycles. The Labute approximate surface area is 135 Å². The van der Waals surface area contributed by atoms with E-state index in [4.69, 9.17) is 0 Å². The van der Waals surface area contributed by atoms with Crippen LogP contribution in [0, 0.1) is 0 Å². The zero-order valence-electron chi connectivity index (χ0n) is 12.7. The second-order valence-corrected chi connectivity index (χ2v) is 7.14. The van der Waals surface area contributed by atoms with Crippen molar-refractivity contribution in [3.63, 3.8) is 0 Å². The molecule has 0 atom stereocenters. The van der Waals surface area contributed by atoms with Crippen molar-refractivity contribution < 1.29 is 8.42 Å². The molecule has 2 aromatic carbocycles. The summed E-state index contributed by atoms with van der Waals surface area (Å²) in [7, 11) is -3.24. The standard InChI is InChI=1S/C17H17N3O2S/c1-23(21,22)20-15-9-7-13(8-10-15)11-16-12-17(19-18-16)14-5-3-2-4-6-14/h2-10,12,20H,11H2,1H3,(H,18,19). The fourth-order valence-electron chi connectivity index (χ4n) is 2.33. The van der Waals surface area contributed by atoms with Crippen LogP contribution in [0.1, 0.15) is 11.3 Å². The molecular formula is C17H17N3O2S. The molecule has 0 bridgehead atoms. The minimum absolute atomic E-state index is 0.561. The molecule has 1 aromatic heterocycles. The first kappa shape index (κ1) is 15.3. The summed E-state index contributed by atoms with van der Waals surface area (Å²) in [6, 6.07) is 19.3. The molecule has 0 fully saturated rings. The second kappa shape index (κ2) is 6.26. The highest BCUT2D eigenvalue weighted by Crippen LogP contribution is 2.19. The fourth-order valence-corrected chi connectivity index (χ4v) is 2.90. The Morgan fingerprint density at radius 2 is 1.74 bits per heavy atom. The van der Waals surface area contributed by atoms with Gasteiger partial charge in [0.2, 0.25) is 10.0 Å². The maximum Gasteiger partial charge on any atom is 0.229 e. The van der Waals surface area contributed by atoms with Crippen molar-refractivity contribution in [2.45, 2.75) is 6.42 Å². The number of hydrogen-bond acceptors (Lipinski definition) is 3. The molecule has 3 rings (SSSR count). The van der Waals surface area contributed by atoms with Gasteiger partial charge in [-0.1, -0.05) is 42.5 Å². The van der Waals surface area contributed by atoms with Gasteiger partial charge in [0.1, 0.15) is 0 Å². The van der Waals surface area contributed by atoms with Gasteiger partial charge >= 0.3 is 0 Å². The van der Waals surface area contributed by atoms with E-state index in [0.29, 0.717) is 12.1 Å². The van der Waals surface area contributed by atoms with Gasteiger partial charge in [-0.05, 0) is 23.8 Å². The SMILES string of the molecule is CS(=O)(=O)Nc1ccc(Cc2cc(-c3ccccc3)n[nH]2)cc1. The number of rotatable bonds is 5. The van der Waals surface area contributed by atoms with Gasteiger partial charge in [0.05, 0.1) is 11.9 Å². The van der Waals surface area contributed by atoms with Crippen molar-refractivity contribution >= 4 is 15.7 Å². The predicted molar refractivity (Wildman–Crippen MR) is 91.7 cm³/mol. The summed E-state index contributed by atoms with van der Waals surface area (Å²) in [4.78, 5) is 0. The molecule has 118 valence electrons. The van der Waals surface area contributed by atoms with E-state index in [1.54, 1.807) is 12.1 Å². The van der Waals surface area contributed by atoms with Crippen LogP contribution in [0.3, 0.4) is 0 Å². The molecule has 0 aliphatic heterocycles. The van der Waals surface area contributed by atoms with Gasteiger partial charge in [-0.25, -0.2) is 8.42 Å². The smallest absolute Gasteiger partial charge is 0.229 e. The van der Waals surface area contributed by atoms with Crippen LogP contribution in [0.25, 0.3) is 11.3 Å². The van der Waals surface area contributed by atoms with Crippen LogP contribution in [0.5, 0.6) is 0 Å². The monoisotopic (exact) mass is 327 g/mol. The summed E-state index contributed by atoms with van der Waals surface area (Å²) >= 11 is 0. The van der Waals surface area contributed by atoms with Gasteiger partial charge in [0, 0.05) is 23.4 Å².